The van der Waals surface area contributed by atoms with Crippen LogP contribution >= 0.6 is 0 Å². The number of aromatic nitrogens is 1. The molecule has 0 aliphatic heterocycles. The summed E-state index contributed by atoms with van der Waals surface area (Å²) < 4.78 is 9.57. The SMILES string of the molecule is C=CC[C@H](OB([C@@H]1C[C@@H]2C[C@H]([C@H]1C)C2(C)C)[C@@H]1C[C@@H]2C[C@H]([C@H]1C)C2(C)C)c1cccn1C. The zero-order valence-electron chi connectivity index (χ0n) is 21.7. The predicted molar refractivity (Wildman–Crippen MR) is 136 cm³/mol. The molecule has 4 bridgehead atoms. The summed E-state index contributed by atoms with van der Waals surface area (Å²) in [7, 11) is 2.16. The zero-order chi connectivity index (χ0) is 23.0. The van der Waals surface area contributed by atoms with Crippen molar-refractivity contribution in [3.05, 3.63) is 36.7 Å². The van der Waals surface area contributed by atoms with Crippen LogP contribution in [0.2, 0.25) is 11.6 Å². The maximum atomic E-state index is 7.32. The normalized spacial score (nSPS) is 41.8. The molecule has 1 aromatic rings. The summed E-state index contributed by atoms with van der Waals surface area (Å²) in [5.41, 5.74) is 2.36. The number of rotatable bonds is 7. The van der Waals surface area contributed by atoms with Gasteiger partial charge >= 0.3 is 6.92 Å². The highest BCUT2D eigenvalue weighted by atomic mass is 16.4. The van der Waals surface area contributed by atoms with Gasteiger partial charge in [0.25, 0.3) is 0 Å². The Morgan fingerprint density at radius 1 is 1.03 bits per heavy atom. The largest absolute Gasteiger partial charge is 0.427 e. The van der Waals surface area contributed by atoms with E-state index in [0.717, 1.165) is 41.9 Å². The van der Waals surface area contributed by atoms with Crippen molar-refractivity contribution < 1.29 is 4.65 Å². The molecular formula is C29H46BNO. The van der Waals surface area contributed by atoms with E-state index in [1.54, 1.807) is 0 Å². The van der Waals surface area contributed by atoms with Crippen molar-refractivity contribution in [1.29, 1.82) is 0 Å². The quantitative estimate of drug-likeness (QED) is 0.315. The Kier molecular flexibility index (Phi) is 5.55. The Bertz CT molecular complexity index is 813. The van der Waals surface area contributed by atoms with Crippen LogP contribution in [0.25, 0.3) is 0 Å². The third-order valence-corrected chi connectivity index (χ3v) is 11.7. The van der Waals surface area contributed by atoms with E-state index in [0.29, 0.717) is 29.4 Å². The second kappa shape index (κ2) is 7.79. The van der Waals surface area contributed by atoms with Crippen LogP contribution in [0.15, 0.2) is 31.0 Å². The molecule has 0 spiro atoms. The first kappa shape index (κ1) is 22.8. The highest BCUT2D eigenvalue weighted by molar-refractivity contribution is 6.55. The molecule has 0 N–H and O–H groups in total. The summed E-state index contributed by atoms with van der Waals surface area (Å²) in [6, 6.07) is 4.41. The average Bonchev–Trinajstić information content (AvgIpc) is 3.16. The smallest absolute Gasteiger partial charge is 0.300 e. The lowest BCUT2D eigenvalue weighted by Crippen LogP contribution is -2.60. The third-order valence-electron chi connectivity index (χ3n) is 11.7. The lowest BCUT2D eigenvalue weighted by Gasteiger charge is -2.66. The lowest BCUT2D eigenvalue weighted by molar-refractivity contribution is -0.112. The molecule has 1 aromatic heterocycles. The van der Waals surface area contributed by atoms with E-state index >= 15 is 0 Å². The fourth-order valence-electron chi connectivity index (χ4n) is 9.16. The molecule has 0 aromatic carbocycles. The lowest BCUT2D eigenvalue weighted by atomic mass is 9.27. The first-order chi connectivity index (χ1) is 15.1. The Morgan fingerprint density at radius 3 is 1.94 bits per heavy atom. The van der Waals surface area contributed by atoms with E-state index in [-0.39, 0.29) is 6.10 Å². The molecule has 7 rings (SSSR count). The van der Waals surface area contributed by atoms with E-state index in [2.05, 4.69) is 84.1 Å². The van der Waals surface area contributed by atoms with E-state index in [1.807, 2.05) is 0 Å². The fourth-order valence-corrected chi connectivity index (χ4v) is 9.16. The van der Waals surface area contributed by atoms with Gasteiger partial charge in [0.1, 0.15) is 0 Å². The third kappa shape index (κ3) is 3.23. The van der Waals surface area contributed by atoms with Gasteiger partial charge < -0.3 is 9.22 Å². The number of fused-ring (bicyclic) bond motifs is 4. The molecule has 2 nitrogen and oxygen atoms in total. The number of nitrogens with zero attached hydrogens (tertiary/aromatic N) is 1. The van der Waals surface area contributed by atoms with Gasteiger partial charge in [-0.15, -0.1) is 6.58 Å². The maximum Gasteiger partial charge on any atom is 0.300 e. The minimum atomic E-state index is 0.120. The monoisotopic (exact) mass is 435 g/mol. The van der Waals surface area contributed by atoms with Gasteiger partial charge in [0.15, 0.2) is 0 Å². The molecule has 6 aliphatic carbocycles. The van der Waals surface area contributed by atoms with Crippen LogP contribution in [0.5, 0.6) is 0 Å². The molecule has 32 heavy (non-hydrogen) atoms. The van der Waals surface area contributed by atoms with Crippen molar-refractivity contribution in [3.63, 3.8) is 0 Å². The summed E-state index contributed by atoms with van der Waals surface area (Å²) in [6.45, 7) is 19.7. The standard InChI is InChI=1S/C29H46BNO/c1-9-11-27(26-12-10-13-31(26)8)32-30(24-16-20-14-22(18(24)2)28(20,4)5)25-17-21-15-23(19(25)3)29(21,6)7/h9-10,12-13,18-25,27H,1,11,14-17H2,2-8H3/t18-,19-,20+,21+,22-,23-,24-,25-,27+/m1/s1. The van der Waals surface area contributed by atoms with Crippen molar-refractivity contribution in [2.75, 3.05) is 0 Å². The van der Waals surface area contributed by atoms with Crippen molar-refractivity contribution >= 4 is 6.92 Å². The van der Waals surface area contributed by atoms with E-state index in [1.165, 1.54) is 31.4 Å². The van der Waals surface area contributed by atoms with Gasteiger partial charge in [-0.2, -0.15) is 0 Å². The summed E-state index contributed by atoms with van der Waals surface area (Å²) in [5, 5.41) is 0. The van der Waals surface area contributed by atoms with Gasteiger partial charge in [-0.3, -0.25) is 0 Å². The van der Waals surface area contributed by atoms with Crippen molar-refractivity contribution in [2.45, 2.75) is 91.4 Å². The zero-order valence-corrected chi connectivity index (χ0v) is 21.7. The number of hydrogen-bond donors (Lipinski definition) is 0. The Labute approximate surface area is 197 Å². The van der Waals surface area contributed by atoms with Crippen molar-refractivity contribution in [2.24, 2.45) is 53.4 Å². The van der Waals surface area contributed by atoms with E-state index in [9.17, 15) is 0 Å². The minimum Gasteiger partial charge on any atom is -0.427 e. The second-order valence-corrected chi connectivity index (χ2v) is 13.4. The Balaban J connectivity index is 1.46. The van der Waals surface area contributed by atoms with Crippen LogP contribution in [-0.2, 0) is 11.7 Å². The molecule has 3 heteroatoms. The summed E-state index contributed by atoms with van der Waals surface area (Å²) in [6.07, 6.45) is 10.9. The van der Waals surface area contributed by atoms with Crippen LogP contribution in [0, 0.1) is 46.3 Å². The van der Waals surface area contributed by atoms with Crippen LogP contribution in [0.3, 0.4) is 0 Å². The first-order valence-electron chi connectivity index (χ1n) is 13.4. The van der Waals surface area contributed by atoms with Crippen LogP contribution < -0.4 is 0 Å². The average molecular weight is 436 g/mol. The molecule has 0 unspecified atom stereocenters. The predicted octanol–water partition coefficient (Wildman–Crippen LogP) is 7.80. The van der Waals surface area contributed by atoms with Crippen molar-refractivity contribution in [1.82, 2.24) is 4.57 Å². The van der Waals surface area contributed by atoms with Crippen LogP contribution in [-0.4, -0.2) is 11.5 Å². The molecule has 6 saturated carbocycles. The van der Waals surface area contributed by atoms with Crippen LogP contribution in [0.4, 0.5) is 0 Å². The highest BCUT2D eigenvalue weighted by Gasteiger charge is 2.63. The van der Waals surface area contributed by atoms with Gasteiger partial charge in [-0.05, 0) is 89.4 Å². The molecule has 0 saturated heterocycles. The maximum absolute atomic E-state index is 7.32. The molecule has 176 valence electrons. The molecule has 6 aliphatic rings. The van der Waals surface area contributed by atoms with E-state index < -0.39 is 0 Å². The fraction of sp³-hybridized carbons (Fsp3) is 0.793. The highest BCUT2D eigenvalue weighted by Crippen LogP contribution is 2.69. The first-order valence-corrected chi connectivity index (χ1v) is 13.4. The van der Waals surface area contributed by atoms with Gasteiger partial charge in [-0.25, -0.2) is 0 Å². The summed E-state index contributed by atoms with van der Waals surface area (Å²) in [4.78, 5) is 0. The molecule has 1 heterocycles. The van der Waals surface area contributed by atoms with Crippen LogP contribution in [0.1, 0.15) is 85.4 Å². The molecule has 0 amide bonds. The van der Waals surface area contributed by atoms with E-state index in [4.69, 9.17) is 4.65 Å². The van der Waals surface area contributed by atoms with Gasteiger partial charge in [0.2, 0.25) is 0 Å². The molecule has 9 atom stereocenters. The van der Waals surface area contributed by atoms with Crippen molar-refractivity contribution in [3.8, 4) is 0 Å². The topological polar surface area (TPSA) is 14.2 Å². The summed E-state index contributed by atoms with van der Waals surface area (Å²) >= 11 is 0. The number of hydrogen-bond acceptors (Lipinski definition) is 1. The molecular weight excluding hydrogens is 389 g/mol. The molecule has 6 fully saturated rings. The minimum absolute atomic E-state index is 0.120. The Hall–Kier alpha value is -0.955. The number of aryl methyl sites for hydroxylation is 1. The summed E-state index contributed by atoms with van der Waals surface area (Å²) in [5.74, 6) is 6.44. The second-order valence-electron chi connectivity index (χ2n) is 13.4. The van der Waals surface area contributed by atoms with Gasteiger partial charge in [0.05, 0.1) is 6.10 Å². The van der Waals surface area contributed by atoms with Gasteiger partial charge in [-0.1, -0.05) is 60.5 Å². The van der Waals surface area contributed by atoms with Gasteiger partial charge in [0, 0.05) is 18.9 Å². The molecule has 0 radical (unpaired) electrons. The Morgan fingerprint density at radius 2 is 1.56 bits per heavy atom.